The van der Waals surface area contributed by atoms with Gasteiger partial charge in [0.25, 0.3) is 0 Å². The van der Waals surface area contributed by atoms with Crippen LogP contribution in [0.25, 0.3) is 0 Å². The van der Waals surface area contributed by atoms with Crippen LogP contribution in [0, 0.1) is 23.1 Å². The Hall–Kier alpha value is -2.09. The zero-order valence-electron chi connectivity index (χ0n) is 22.5. The first-order valence-electron chi connectivity index (χ1n) is 13.3. The summed E-state index contributed by atoms with van der Waals surface area (Å²) in [5, 5.41) is 31.8. The number of benzene rings is 1. The number of carbonyl (C=O) groups excluding carboxylic acids is 2. The Bertz CT molecular complexity index is 1050. The van der Waals surface area contributed by atoms with Gasteiger partial charge in [-0.3, -0.25) is 9.69 Å². The molecule has 1 aromatic carbocycles. The first-order valence-corrected chi connectivity index (χ1v) is 14.5. The quantitative estimate of drug-likeness (QED) is 0.198. The Morgan fingerprint density at radius 3 is 2.42 bits per heavy atom. The second kappa shape index (κ2) is 14.2. The van der Waals surface area contributed by atoms with Crippen molar-refractivity contribution in [3.63, 3.8) is 0 Å². The highest BCUT2D eigenvalue weighted by atomic mass is 127. The van der Waals surface area contributed by atoms with Gasteiger partial charge in [-0.2, -0.15) is 5.26 Å². The van der Waals surface area contributed by atoms with Crippen LogP contribution in [0.4, 0.5) is 18.0 Å². The van der Waals surface area contributed by atoms with Crippen LogP contribution < -0.4 is 5.32 Å². The number of hydrogen-bond acceptors (Lipinski definition) is 7. The fraction of sp³-hybridized carbons (Fsp3) is 0.654. The lowest BCUT2D eigenvalue weighted by Crippen LogP contribution is -2.56. The highest BCUT2D eigenvalue weighted by Gasteiger charge is 2.48. The molecule has 3 N–H and O–H groups in total. The van der Waals surface area contributed by atoms with Crippen molar-refractivity contribution >= 4 is 41.7 Å². The maximum Gasteiger partial charge on any atom is 0.475 e. The smallest absolute Gasteiger partial charge is 0.447 e. The van der Waals surface area contributed by atoms with Crippen molar-refractivity contribution in [2.24, 2.45) is 5.92 Å². The first kappa shape index (κ1) is 32.4. The van der Waals surface area contributed by atoms with Crippen LogP contribution >= 0.6 is 22.6 Å². The molecule has 6 atom stereocenters. The Balaban J connectivity index is 1.62. The molecule has 2 aliphatic rings. The third-order valence-electron chi connectivity index (χ3n) is 7.72. The van der Waals surface area contributed by atoms with E-state index >= 15 is 0 Å². The molecular weight excluding hydrogens is 643 g/mol. The Labute approximate surface area is 246 Å². The van der Waals surface area contributed by atoms with Gasteiger partial charge >= 0.3 is 13.2 Å². The van der Waals surface area contributed by atoms with Crippen molar-refractivity contribution in [3.8, 4) is 6.07 Å². The molecule has 2 heterocycles. The van der Waals surface area contributed by atoms with Crippen LogP contribution in [0.5, 0.6) is 0 Å². The number of nitrogens with one attached hydrogen (secondary N) is 1. The van der Waals surface area contributed by atoms with Crippen LogP contribution in [-0.4, -0.2) is 99.0 Å². The first-order chi connectivity index (χ1) is 18.8. The van der Waals surface area contributed by atoms with E-state index in [0.29, 0.717) is 24.9 Å². The maximum absolute atomic E-state index is 13.9. The molecule has 0 bridgehead atoms. The topological polar surface area (TPSA) is 126 Å². The van der Waals surface area contributed by atoms with Crippen LogP contribution in [0.1, 0.15) is 38.7 Å². The van der Waals surface area contributed by atoms with Gasteiger partial charge in [0.2, 0.25) is 5.91 Å². The molecule has 0 radical (unpaired) electrons. The third kappa shape index (κ3) is 8.01. The lowest BCUT2D eigenvalue weighted by atomic mass is 9.76. The lowest BCUT2D eigenvalue weighted by Gasteiger charge is -2.43. The van der Waals surface area contributed by atoms with Crippen molar-refractivity contribution in [2.45, 2.75) is 73.3 Å². The second-order valence-electron chi connectivity index (χ2n) is 10.9. The van der Waals surface area contributed by atoms with E-state index < -0.39 is 64.6 Å². The molecule has 2 fully saturated rings. The molecule has 40 heavy (non-hydrogen) atoms. The van der Waals surface area contributed by atoms with Gasteiger partial charge in [-0.1, -0.05) is 34.7 Å². The Morgan fingerprint density at radius 2 is 1.85 bits per heavy atom. The summed E-state index contributed by atoms with van der Waals surface area (Å²) in [5.74, 6) is -3.09. The van der Waals surface area contributed by atoms with E-state index in [-0.39, 0.29) is 26.1 Å². The van der Waals surface area contributed by atoms with Crippen LogP contribution in [0.3, 0.4) is 0 Å². The number of nitrogens with zero attached hydrogens (tertiary/aromatic N) is 3. The van der Waals surface area contributed by atoms with E-state index in [1.165, 1.54) is 29.2 Å². The zero-order chi connectivity index (χ0) is 29.6. The Kier molecular flexibility index (Phi) is 11.5. The monoisotopic (exact) mass is 678 g/mol. The summed E-state index contributed by atoms with van der Waals surface area (Å²) in [6.07, 6.45) is -2.11. The predicted molar refractivity (Wildman–Crippen MR) is 150 cm³/mol. The molecule has 0 aromatic heterocycles. The van der Waals surface area contributed by atoms with Gasteiger partial charge in [-0.25, -0.2) is 18.0 Å². The minimum Gasteiger partial charge on any atom is -0.447 e. The normalized spacial score (nSPS) is 24.1. The number of rotatable bonds is 10. The fourth-order valence-electron chi connectivity index (χ4n) is 5.14. The standard InChI is InChI=1S/C26H35BF3IN4O5/c1-26(2,34-13-20(29)21(30)14-34)23(31)19(12-32)24(36)35-10-4-3-5-18(35)15-40-25(37)33-22(27(38)39)11-16-6-8-17(28)9-7-16/h6-9,18-23,38-39H,3-5,10-11,13-15H2,1-2H3,(H,33,37)/t18-,19?,20-,21+,22+,23?/m1/s1. The Morgan fingerprint density at radius 1 is 1.23 bits per heavy atom. The molecule has 2 aliphatic heterocycles. The number of piperidine rings is 1. The number of halogens is 4. The molecule has 0 aliphatic carbocycles. The van der Waals surface area contributed by atoms with Crippen LogP contribution in [0.15, 0.2) is 24.3 Å². The summed E-state index contributed by atoms with van der Waals surface area (Å²) in [6, 6.07) is 6.96. The van der Waals surface area contributed by atoms with E-state index in [0.717, 1.165) is 6.42 Å². The molecule has 2 unspecified atom stereocenters. The van der Waals surface area contributed by atoms with Crippen LogP contribution in [-0.2, 0) is 16.0 Å². The maximum atomic E-state index is 13.9. The lowest BCUT2D eigenvalue weighted by molar-refractivity contribution is -0.139. The van der Waals surface area contributed by atoms with Crippen molar-refractivity contribution in [2.75, 3.05) is 26.2 Å². The van der Waals surface area contributed by atoms with Gasteiger partial charge in [0.05, 0.1) is 22.0 Å². The van der Waals surface area contributed by atoms with Crippen molar-refractivity contribution in [1.82, 2.24) is 15.1 Å². The molecule has 3 rings (SSSR count). The molecule has 9 nitrogen and oxygen atoms in total. The molecule has 2 amide bonds. The van der Waals surface area contributed by atoms with E-state index in [1.54, 1.807) is 18.7 Å². The summed E-state index contributed by atoms with van der Waals surface area (Å²) >= 11 is 2.01. The predicted octanol–water partition coefficient (Wildman–Crippen LogP) is 2.57. The van der Waals surface area contributed by atoms with Gasteiger partial charge in [0.1, 0.15) is 30.7 Å². The number of likely N-dealkylation sites (tertiary alicyclic amines) is 2. The fourth-order valence-corrected chi connectivity index (χ4v) is 6.00. The molecule has 14 heteroatoms. The SMILES string of the molecule is CC(C)(C(I)C(C#N)C(=O)N1CCCC[C@@H]1COC(=O)N[C@@H](Cc1ccc(F)cc1)B(O)O)N1C[C@@H](F)[C@@H](F)C1. The van der Waals surface area contributed by atoms with Crippen molar-refractivity contribution in [3.05, 3.63) is 35.6 Å². The van der Waals surface area contributed by atoms with E-state index in [9.17, 15) is 38.1 Å². The summed E-state index contributed by atoms with van der Waals surface area (Å²) in [6.45, 7) is 3.51. The summed E-state index contributed by atoms with van der Waals surface area (Å²) in [5.41, 5.74) is -0.269. The highest BCUT2D eigenvalue weighted by Crippen LogP contribution is 2.36. The number of alkyl halides is 3. The summed E-state index contributed by atoms with van der Waals surface area (Å²) in [7, 11) is -1.90. The number of carbonyl (C=O) groups is 2. The highest BCUT2D eigenvalue weighted by molar-refractivity contribution is 14.1. The van der Waals surface area contributed by atoms with Gasteiger partial charge in [-0.05, 0) is 57.2 Å². The van der Waals surface area contributed by atoms with Gasteiger partial charge < -0.3 is 25.0 Å². The minimum atomic E-state index is -1.90. The summed E-state index contributed by atoms with van der Waals surface area (Å²) in [4.78, 5) is 29.3. The van der Waals surface area contributed by atoms with Gasteiger partial charge in [0.15, 0.2) is 0 Å². The van der Waals surface area contributed by atoms with Gasteiger partial charge in [0, 0.05) is 25.2 Å². The average molecular weight is 678 g/mol. The molecule has 0 saturated carbocycles. The minimum absolute atomic E-state index is 0.0150. The van der Waals surface area contributed by atoms with E-state index in [2.05, 4.69) is 11.4 Å². The molecule has 220 valence electrons. The molecular formula is C26H35BF3IN4O5. The van der Waals surface area contributed by atoms with E-state index in [4.69, 9.17) is 4.74 Å². The molecule has 2 saturated heterocycles. The molecule has 0 spiro atoms. The number of nitriles is 1. The number of amides is 2. The van der Waals surface area contributed by atoms with Crippen molar-refractivity contribution in [1.29, 1.82) is 5.26 Å². The number of ether oxygens (including phenoxy) is 1. The molecule has 1 aromatic rings. The average Bonchev–Trinajstić information content (AvgIpc) is 3.27. The number of alkyl carbamates (subject to hydrolysis) is 1. The van der Waals surface area contributed by atoms with Gasteiger partial charge in [-0.15, -0.1) is 0 Å². The van der Waals surface area contributed by atoms with Crippen molar-refractivity contribution < 1.29 is 37.5 Å². The second-order valence-corrected chi connectivity index (χ2v) is 12.2. The third-order valence-corrected chi connectivity index (χ3v) is 9.96. The zero-order valence-corrected chi connectivity index (χ0v) is 24.6. The van der Waals surface area contributed by atoms with Crippen LogP contribution in [0.2, 0.25) is 0 Å². The van der Waals surface area contributed by atoms with E-state index in [1.807, 2.05) is 22.6 Å². The largest absolute Gasteiger partial charge is 0.475 e. The summed E-state index contributed by atoms with van der Waals surface area (Å²) < 4.78 is 45.7. The number of hydrogen-bond donors (Lipinski definition) is 3.